The normalized spacial score (nSPS) is 21.0. The molecule has 26 heavy (non-hydrogen) atoms. The van der Waals surface area contributed by atoms with E-state index in [1.807, 2.05) is 6.92 Å². The fourth-order valence-electron chi connectivity index (χ4n) is 3.02. The van der Waals surface area contributed by atoms with E-state index >= 15 is 0 Å². The highest BCUT2D eigenvalue weighted by Gasteiger charge is 2.32. The van der Waals surface area contributed by atoms with Crippen molar-refractivity contribution in [3.05, 3.63) is 30.1 Å². The van der Waals surface area contributed by atoms with Crippen LogP contribution in [-0.2, 0) is 4.79 Å². The second-order valence-corrected chi connectivity index (χ2v) is 7.18. The Labute approximate surface area is 153 Å². The van der Waals surface area contributed by atoms with Gasteiger partial charge in [-0.3, -0.25) is 4.79 Å². The van der Waals surface area contributed by atoms with Gasteiger partial charge >= 0.3 is 6.03 Å². The molecule has 3 rings (SSSR count). The summed E-state index contributed by atoms with van der Waals surface area (Å²) in [4.78, 5) is 26.4. The first-order valence-corrected chi connectivity index (χ1v) is 9.25. The first-order chi connectivity index (χ1) is 12.5. The summed E-state index contributed by atoms with van der Waals surface area (Å²) in [6.45, 7) is 3.25. The molecule has 1 aliphatic heterocycles. The molecule has 0 unspecified atom stereocenters. The predicted molar refractivity (Wildman–Crippen MR) is 95.4 cm³/mol. The molecule has 0 radical (unpaired) electrons. The third-order valence-electron chi connectivity index (χ3n) is 4.69. The van der Waals surface area contributed by atoms with Crippen LogP contribution in [-0.4, -0.2) is 48.6 Å². The molecule has 3 amide bonds. The molecule has 1 saturated carbocycles. The zero-order valence-corrected chi connectivity index (χ0v) is 15.0. The Hall–Kier alpha value is -2.31. The van der Waals surface area contributed by atoms with Gasteiger partial charge in [0.25, 0.3) is 0 Å². The average Bonchev–Trinajstić information content (AvgIpc) is 3.45. The number of benzene rings is 1. The van der Waals surface area contributed by atoms with Gasteiger partial charge < -0.3 is 20.3 Å². The lowest BCUT2D eigenvalue weighted by Gasteiger charge is -2.33. The lowest BCUT2D eigenvalue weighted by Crippen LogP contribution is -2.51. The van der Waals surface area contributed by atoms with Gasteiger partial charge in [0.1, 0.15) is 18.2 Å². The molecule has 6 nitrogen and oxygen atoms in total. The second-order valence-electron chi connectivity index (χ2n) is 7.18. The number of carbonyl (C=O) groups excluding carboxylic acids is 2. The SMILES string of the molecule is C[C@H](COc1ccc(F)cc1)NC(=O)N1CCC[C@H](C(=O)NC2CC2)C1. The molecule has 1 aromatic carbocycles. The number of piperidine rings is 1. The summed E-state index contributed by atoms with van der Waals surface area (Å²) in [5.41, 5.74) is 0. The molecule has 2 fully saturated rings. The molecule has 1 aromatic rings. The molecule has 142 valence electrons. The molecule has 1 heterocycles. The first kappa shape index (κ1) is 18.5. The number of ether oxygens (including phenoxy) is 1. The Kier molecular flexibility index (Phi) is 5.96. The summed E-state index contributed by atoms with van der Waals surface area (Å²) in [6, 6.07) is 5.74. The van der Waals surface area contributed by atoms with Gasteiger partial charge in [0.15, 0.2) is 0 Å². The van der Waals surface area contributed by atoms with Crippen LogP contribution in [0.4, 0.5) is 9.18 Å². The molecule has 2 aliphatic rings. The summed E-state index contributed by atoms with van der Waals surface area (Å²) in [5.74, 6) is 0.185. The van der Waals surface area contributed by atoms with E-state index in [0.29, 0.717) is 24.9 Å². The topological polar surface area (TPSA) is 70.7 Å². The maximum Gasteiger partial charge on any atom is 0.317 e. The van der Waals surface area contributed by atoms with Gasteiger partial charge in [0, 0.05) is 19.1 Å². The van der Waals surface area contributed by atoms with Crippen LogP contribution in [0.25, 0.3) is 0 Å². The standard InChI is InChI=1S/C19H26FN3O3/c1-13(12-26-17-8-4-15(20)5-9-17)21-19(25)23-10-2-3-14(11-23)18(24)22-16-6-7-16/h4-5,8-9,13-14,16H,2-3,6-7,10-12H2,1H3,(H,21,25)(H,22,24)/t13-,14+/m1/s1. The van der Waals surface area contributed by atoms with E-state index in [1.165, 1.54) is 12.1 Å². The minimum Gasteiger partial charge on any atom is -0.491 e. The van der Waals surface area contributed by atoms with Gasteiger partial charge in [0.2, 0.25) is 5.91 Å². The number of nitrogens with one attached hydrogen (secondary N) is 2. The number of hydrogen-bond acceptors (Lipinski definition) is 3. The van der Waals surface area contributed by atoms with E-state index in [4.69, 9.17) is 4.74 Å². The molecule has 0 aromatic heterocycles. The van der Waals surface area contributed by atoms with Crippen molar-refractivity contribution in [2.24, 2.45) is 5.92 Å². The molecule has 0 spiro atoms. The van der Waals surface area contributed by atoms with Crippen molar-refractivity contribution in [2.75, 3.05) is 19.7 Å². The molecular formula is C19H26FN3O3. The van der Waals surface area contributed by atoms with Crippen LogP contribution in [0.3, 0.4) is 0 Å². The maximum atomic E-state index is 12.9. The smallest absolute Gasteiger partial charge is 0.317 e. The van der Waals surface area contributed by atoms with Gasteiger partial charge in [-0.25, -0.2) is 9.18 Å². The van der Waals surface area contributed by atoms with Crippen molar-refractivity contribution in [1.82, 2.24) is 15.5 Å². The second kappa shape index (κ2) is 8.38. The van der Waals surface area contributed by atoms with Gasteiger partial charge in [0.05, 0.1) is 12.0 Å². The summed E-state index contributed by atoms with van der Waals surface area (Å²) >= 11 is 0. The number of carbonyl (C=O) groups is 2. The zero-order chi connectivity index (χ0) is 18.5. The summed E-state index contributed by atoms with van der Waals surface area (Å²) in [7, 11) is 0. The Morgan fingerprint density at radius 2 is 2.00 bits per heavy atom. The average molecular weight is 363 g/mol. The third kappa shape index (κ3) is 5.34. The number of nitrogens with zero attached hydrogens (tertiary/aromatic N) is 1. The van der Waals surface area contributed by atoms with E-state index in [0.717, 1.165) is 25.7 Å². The van der Waals surface area contributed by atoms with Crippen LogP contribution in [0.5, 0.6) is 5.75 Å². The van der Waals surface area contributed by atoms with Gasteiger partial charge in [-0.2, -0.15) is 0 Å². The number of rotatable bonds is 6. The van der Waals surface area contributed by atoms with Crippen LogP contribution in [0.2, 0.25) is 0 Å². The molecular weight excluding hydrogens is 337 g/mol. The molecule has 1 aliphatic carbocycles. The summed E-state index contributed by atoms with van der Waals surface area (Å²) < 4.78 is 18.4. The highest BCUT2D eigenvalue weighted by atomic mass is 19.1. The van der Waals surface area contributed by atoms with E-state index in [2.05, 4.69) is 10.6 Å². The molecule has 2 N–H and O–H groups in total. The number of likely N-dealkylation sites (tertiary alicyclic amines) is 1. The van der Waals surface area contributed by atoms with Crippen molar-refractivity contribution >= 4 is 11.9 Å². The Morgan fingerprint density at radius 3 is 2.69 bits per heavy atom. The molecule has 7 heteroatoms. The summed E-state index contributed by atoms with van der Waals surface area (Å²) in [6.07, 6.45) is 3.78. The number of urea groups is 1. The van der Waals surface area contributed by atoms with E-state index < -0.39 is 0 Å². The maximum absolute atomic E-state index is 12.9. The summed E-state index contributed by atoms with van der Waals surface area (Å²) in [5, 5.41) is 5.92. The lowest BCUT2D eigenvalue weighted by molar-refractivity contribution is -0.126. The molecule has 0 bridgehead atoms. The first-order valence-electron chi connectivity index (χ1n) is 9.25. The third-order valence-corrected chi connectivity index (χ3v) is 4.69. The fourth-order valence-corrected chi connectivity index (χ4v) is 3.02. The van der Waals surface area contributed by atoms with Crippen molar-refractivity contribution < 1.29 is 18.7 Å². The van der Waals surface area contributed by atoms with Crippen molar-refractivity contribution in [1.29, 1.82) is 0 Å². The lowest BCUT2D eigenvalue weighted by atomic mass is 9.97. The minimum absolute atomic E-state index is 0.0673. The highest BCUT2D eigenvalue weighted by molar-refractivity contribution is 5.81. The monoisotopic (exact) mass is 363 g/mol. The minimum atomic E-state index is -0.316. The quantitative estimate of drug-likeness (QED) is 0.815. The van der Waals surface area contributed by atoms with Crippen molar-refractivity contribution in [2.45, 2.75) is 44.7 Å². The number of amides is 3. The molecule has 1 saturated heterocycles. The van der Waals surface area contributed by atoms with Gasteiger partial charge in [-0.1, -0.05) is 0 Å². The molecule has 2 atom stereocenters. The van der Waals surface area contributed by atoms with Crippen LogP contribution in [0.15, 0.2) is 24.3 Å². The van der Waals surface area contributed by atoms with Crippen molar-refractivity contribution in [3.8, 4) is 5.75 Å². The van der Waals surface area contributed by atoms with Gasteiger partial charge in [-0.15, -0.1) is 0 Å². The Bertz CT molecular complexity index is 633. The fraction of sp³-hybridized carbons (Fsp3) is 0.579. The van der Waals surface area contributed by atoms with E-state index in [9.17, 15) is 14.0 Å². The van der Waals surface area contributed by atoms with Crippen LogP contribution < -0.4 is 15.4 Å². The van der Waals surface area contributed by atoms with Crippen LogP contribution in [0, 0.1) is 11.7 Å². The Balaban J connectivity index is 1.42. The number of hydrogen-bond donors (Lipinski definition) is 2. The highest BCUT2D eigenvalue weighted by Crippen LogP contribution is 2.22. The van der Waals surface area contributed by atoms with Crippen LogP contribution >= 0.6 is 0 Å². The largest absolute Gasteiger partial charge is 0.491 e. The van der Waals surface area contributed by atoms with Crippen LogP contribution in [0.1, 0.15) is 32.6 Å². The van der Waals surface area contributed by atoms with Crippen molar-refractivity contribution in [3.63, 3.8) is 0 Å². The van der Waals surface area contributed by atoms with E-state index in [-0.39, 0.29) is 36.3 Å². The zero-order valence-electron chi connectivity index (χ0n) is 15.0. The van der Waals surface area contributed by atoms with E-state index in [1.54, 1.807) is 17.0 Å². The number of halogens is 1. The van der Waals surface area contributed by atoms with Gasteiger partial charge in [-0.05, 0) is 56.9 Å². The Morgan fingerprint density at radius 1 is 1.27 bits per heavy atom. The predicted octanol–water partition coefficient (Wildman–Crippen LogP) is 2.29.